The summed E-state index contributed by atoms with van der Waals surface area (Å²) in [4.78, 5) is 28.9. The van der Waals surface area contributed by atoms with Crippen molar-refractivity contribution in [1.82, 2.24) is 10.2 Å². The minimum Gasteiger partial charge on any atom is -0.493 e. The number of carbonyl (C=O) groups excluding carboxylic acids is 2. The van der Waals surface area contributed by atoms with Gasteiger partial charge in [-0.2, -0.15) is 0 Å². The molecule has 1 saturated heterocycles. The van der Waals surface area contributed by atoms with E-state index in [4.69, 9.17) is 9.47 Å². The van der Waals surface area contributed by atoms with Crippen LogP contribution in [0, 0.1) is 5.92 Å². The summed E-state index contributed by atoms with van der Waals surface area (Å²) in [6.45, 7) is 5.57. The monoisotopic (exact) mass is 424 g/mol. The standard InChI is InChI=1S/C21H33N3O4S/c1-14(2)11-16(20(26)22-9-10-23(3)4)24-19(25)13-29-21(24)15-7-8-17(27-5)18(12-15)28-6/h7-8,12,14,16,21H,9-11,13H2,1-6H3,(H,22,26)/p+1/t16-,21+/m0/s1. The third-order valence-electron chi connectivity index (χ3n) is 4.86. The molecular formula is C21H34N3O4S+. The van der Waals surface area contributed by atoms with Crippen molar-refractivity contribution in [1.29, 1.82) is 0 Å². The molecule has 7 nitrogen and oxygen atoms in total. The Morgan fingerprint density at radius 1 is 1.28 bits per heavy atom. The number of quaternary nitrogens is 1. The number of carbonyl (C=O) groups is 2. The Morgan fingerprint density at radius 2 is 1.97 bits per heavy atom. The first-order valence-electron chi connectivity index (χ1n) is 9.99. The average Bonchev–Trinajstić information content (AvgIpc) is 3.06. The van der Waals surface area contributed by atoms with Crippen LogP contribution in [0.25, 0.3) is 0 Å². The van der Waals surface area contributed by atoms with Gasteiger partial charge in [-0.05, 0) is 30.0 Å². The number of nitrogens with zero attached hydrogens (tertiary/aromatic N) is 1. The number of rotatable bonds is 10. The molecule has 2 rings (SSSR count). The molecule has 1 fully saturated rings. The maximum absolute atomic E-state index is 13.0. The van der Waals surface area contributed by atoms with E-state index in [0.29, 0.717) is 30.2 Å². The van der Waals surface area contributed by atoms with E-state index in [1.54, 1.807) is 30.9 Å². The lowest BCUT2D eigenvalue weighted by atomic mass is 10.0. The molecule has 162 valence electrons. The van der Waals surface area contributed by atoms with Crippen LogP contribution in [-0.2, 0) is 9.59 Å². The van der Waals surface area contributed by atoms with Crippen LogP contribution in [0.5, 0.6) is 11.5 Å². The molecule has 0 unspecified atom stereocenters. The lowest BCUT2D eigenvalue weighted by molar-refractivity contribution is -0.856. The number of hydrogen-bond acceptors (Lipinski definition) is 5. The molecule has 0 radical (unpaired) electrons. The van der Waals surface area contributed by atoms with Gasteiger partial charge in [0, 0.05) is 0 Å². The normalized spacial score (nSPS) is 17.7. The van der Waals surface area contributed by atoms with Gasteiger partial charge in [0.2, 0.25) is 11.8 Å². The molecule has 2 N–H and O–H groups in total. The highest BCUT2D eigenvalue weighted by molar-refractivity contribution is 8.00. The molecule has 1 aromatic rings. The molecule has 0 spiro atoms. The summed E-state index contributed by atoms with van der Waals surface area (Å²) in [5.41, 5.74) is 0.929. The molecule has 2 atom stereocenters. The molecule has 2 amide bonds. The lowest BCUT2D eigenvalue weighted by Gasteiger charge is -2.33. The Labute approximate surface area is 178 Å². The number of benzene rings is 1. The molecule has 0 bridgehead atoms. The van der Waals surface area contributed by atoms with E-state index < -0.39 is 6.04 Å². The highest BCUT2D eigenvalue weighted by Crippen LogP contribution is 2.43. The molecule has 29 heavy (non-hydrogen) atoms. The van der Waals surface area contributed by atoms with Gasteiger partial charge in [-0.15, -0.1) is 11.8 Å². The summed E-state index contributed by atoms with van der Waals surface area (Å²) in [7, 11) is 7.28. The molecule has 1 aliphatic heterocycles. The smallest absolute Gasteiger partial charge is 0.243 e. The third kappa shape index (κ3) is 6.02. The van der Waals surface area contributed by atoms with Crippen molar-refractivity contribution < 1.29 is 24.0 Å². The fraction of sp³-hybridized carbons (Fsp3) is 0.619. The first-order chi connectivity index (χ1) is 13.8. The SMILES string of the molecule is COc1ccc([C@H]2SCC(=O)N2[C@@H](CC(C)C)C(=O)NCC[NH+](C)C)cc1OC. The number of ether oxygens (including phenoxy) is 2. The van der Waals surface area contributed by atoms with Crippen molar-refractivity contribution in [3.05, 3.63) is 23.8 Å². The molecule has 1 heterocycles. The molecule has 8 heteroatoms. The Balaban J connectivity index is 2.29. The minimum atomic E-state index is -0.493. The predicted molar refractivity (Wildman–Crippen MR) is 116 cm³/mol. The van der Waals surface area contributed by atoms with E-state index in [9.17, 15) is 9.59 Å². The number of amides is 2. The quantitative estimate of drug-likeness (QED) is 0.585. The Morgan fingerprint density at radius 3 is 2.55 bits per heavy atom. The van der Waals surface area contributed by atoms with Crippen LogP contribution in [0.1, 0.15) is 31.2 Å². The highest BCUT2D eigenvalue weighted by Gasteiger charge is 2.41. The molecule has 0 aromatic heterocycles. The van der Waals surface area contributed by atoms with Gasteiger partial charge in [0.05, 0.1) is 47.2 Å². The highest BCUT2D eigenvalue weighted by atomic mass is 32.2. The Bertz CT molecular complexity index is 711. The first kappa shape index (κ1) is 23.3. The van der Waals surface area contributed by atoms with Crippen molar-refractivity contribution in [2.75, 3.05) is 47.2 Å². The number of hydrogen-bond donors (Lipinski definition) is 2. The summed E-state index contributed by atoms with van der Waals surface area (Å²) in [6, 6.07) is 5.17. The maximum Gasteiger partial charge on any atom is 0.243 e. The topological polar surface area (TPSA) is 72.3 Å². The number of methoxy groups -OCH3 is 2. The van der Waals surface area contributed by atoms with E-state index >= 15 is 0 Å². The van der Waals surface area contributed by atoms with Crippen LogP contribution in [0.4, 0.5) is 0 Å². The van der Waals surface area contributed by atoms with Gasteiger partial charge in [-0.1, -0.05) is 19.9 Å². The summed E-state index contributed by atoms with van der Waals surface area (Å²) < 4.78 is 10.8. The molecule has 0 saturated carbocycles. The van der Waals surface area contributed by atoms with Crippen LogP contribution in [0.3, 0.4) is 0 Å². The van der Waals surface area contributed by atoms with Gasteiger partial charge in [-0.3, -0.25) is 9.59 Å². The molecule has 1 aromatic carbocycles. The maximum atomic E-state index is 13.0. The van der Waals surface area contributed by atoms with Gasteiger partial charge in [0.25, 0.3) is 0 Å². The predicted octanol–water partition coefficient (Wildman–Crippen LogP) is 0.953. The summed E-state index contributed by atoms with van der Waals surface area (Å²) in [5, 5.41) is 2.80. The van der Waals surface area contributed by atoms with Gasteiger partial charge in [0.1, 0.15) is 11.4 Å². The van der Waals surface area contributed by atoms with Gasteiger partial charge >= 0.3 is 0 Å². The van der Waals surface area contributed by atoms with Crippen LogP contribution in [0.2, 0.25) is 0 Å². The lowest BCUT2D eigenvalue weighted by Crippen LogP contribution is -3.06. The fourth-order valence-electron chi connectivity index (χ4n) is 3.38. The van der Waals surface area contributed by atoms with E-state index in [2.05, 4.69) is 19.2 Å². The van der Waals surface area contributed by atoms with E-state index in [-0.39, 0.29) is 23.1 Å². The second-order valence-corrected chi connectivity index (χ2v) is 9.04. The van der Waals surface area contributed by atoms with Gasteiger partial charge < -0.3 is 24.6 Å². The zero-order chi connectivity index (χ0) is 21.6. The Kier molecular flexibility index (Phi) is 8.64. The van der Waals surface area contributed by atoms with Crippen LogP contribution in [0.15, 0.2) is 18.2 Å². The van der Waals surface area contributed by atoms with Crippen LogP contribution in [-0.4, -0.2) is 69.9 Å². The largest absolute Gasteiger partial charge is 0.493 e. The second-order valence-electron chi connectivity index (χ2n) is 7.97. The fourth-order valence-corrected chi connectivity index (χ4v) is 4.60. The summed E-state index contributed by atoms with van der Waals surface area (Å²) >= 11 is 1.54. The average molecular weight is 425 g/mol. The summed E-state index contributed by atoms with van der Waals surface area (Å²) in [6.07, 6.45) is 0.622. The van der Waals surface area contributed by atoms with Crippen molar-refractivity contribution in [2.24, 2.45) is 5.92 Å². The van der Waals surface area contributed by atoms with Crippen molar-refractivity contribution in [2.45, 2.75) is 31.7 Å². The van der Waals surface area contributed by atoms with E-state index in [1.807, 2.05) is 32.3 Å². The van der Waals surface area contributed by atoms with Gasteiger partial charge in [0.15, 0.2) is 11.5 Å². The Hall–Kier alpha value is -1.93. The minimum absolute atomic E-state index is 0.00572. The van der Waals surface area contributed by atoms with E-state index in [0.717, 1.165) is 12.1 Å². The molecule has 1 aliphatic rings. The number of thioether (sulfide) groups is 1. The van der Waals surface area contributed by atoms with Crippen molar-refractivity contribution in [3.63, 3.8) is 0 Å². The number of nitrogens with one attached hydrogen (secondary N) is 2. The summed E-state index contributed by atoms with van der Waals surface area (Å²) in [5.74, 6) is 1.82. The number of likely N-dealkylation sites (N-methyl/N-ethyl adjacent to an activating group) is 1. The molecule has 0 aliphatic carbocycles. The zero-order valence-corrected chi connectivity index (χ0v) is 19.1. The second kappa shape index (κ2) is 10.7. The first-order valence-corrected chi connectivity index (χ1v) is 11.0. The third-order valence-corrected chi connectivity index (χ3v) is 6.08. The zero-order valence-electron chi connectivity index (χ0n) is 18.3. The van der Waals surface area contributed by atoms with E-state index in [1.165, 1.54) is 4.90 Å². The van der Waals surface area contributed by atoms with Crippen LogP contribution < -0.4 is 19.7 Å². The van der Waals surface area contributed by atoms with Crippen LogP contribution >= 0.6 is 11.8 Å². The van der Waals surface area contributed by atoms with Crippen molar-refractivity contribution in [3.8, 4) is 11.5 Å². The van der Waals surface area contributed by atoms with Crippen molar-refractivity contribution >= 4 is 23.6 Å². The van der Waals surface area contributed by atoms with Gasteiger partial charge in [-0.25, -0.2) is 0 Å². The molecular weight excluding hydrogens is 390 g/mol.